The molecule has 2 rings (SSSR count). The number of nitrogens with one attached hydrogen (secondary N) is 1. The average molecular weight is 264 g/mol. The molecule has 4 heteroatoms. The van der Waals surface area contributed by atoms with E-state index >= 15 is 0 Å². The lowest BCUT2D eigenvalue weighted by Gasteiger charge is -2.27. The van der Waals surface area contributed by atoms with Gasteiger partial charge in [0.05, 0.1) is 6.54 Å². The standard InChI is InChI=1S/C15H28N4/c1-15(2,3)17-13-14-16-7-10-19(14)12-11-18-8-5-4-6-9-18/h7,10,17H,4-6,8-9,11-13H2,1-3H3. The Morgan fingerprint density at radius 3 is 2.58 bits per heavy atom. The van der Waals surface area contributed by atoms with E-state index in [4.69, 9.17) is 0 Å². The third-order valence-electron chi connectivity index (χ3n) is 3.68. The van der Waals surface area contributed by atoms with Crippen LogP contribution in [0.25, 0.3) is 0 Å². The fraction of sp³-hybridized carbons (Fsp3) is 0.800. The van der Waals surface area contributed by atoms with Gasteiger partial charge in [0.1, 0.15) is 5.82 Å². The molecule has 0 amide bonds. The molecule has 0 atom stereocenters. The van der Waals surface area contributed by atoms with Crippen LogP contribution in [0.4, 0.5) is 0 Å². The van der Waals surface area contributed by atoms with Crippen LogP contribution >= 0.6 is 0 Å². The minimum Gasteiger partial charge on any atom is -0.333 e. The summed E-state index contributed by atoms with van der Waals surface area (Å²) in [6.45, 7) is 12.2. The number of imidazole rings is 1. The molecule has 1 fully saturated rings. The molecule has 0 aromatic carbocycles. The van der Waals surface area contributed by atoms with Crippen LogP contribution in [-0.4, -0.2) is 39.6 Å². The van der Waals surface area contributed by atoms with Gasteiger partial charge in [-0.3, -0.25) is 0 Å². The number of likely N-dealkylation sites (tertiary alicyclic amines) is 1. The van der Waals surface area contributed by atoms with Crippen LogP contribution in [0.2, 0.25) is 0 Å². The van der Waals surface area contributed by atoms with Crippen molar-refractivity contribution in [2.24, 2.45) is 0 Å². The van der Waals surface area contributed by atoms with E-state index in [9.17, 15) is 0 Å². The maximum absolute atomic E-state index is 4.46. The van der Waals surface area contributed by atoms with Gasteiger partial charge in [0, 0.05) is 31.0 Å². The largest absolute Gasteiger partial charge is 0.333 e. The number of hydrogen-bond acceptors (Lipinski definition) is 3. The average Bonchev–Trinajstić information content (AvgIpc) is 2.82. The predicted octanol–water partition coefficient (Wildman–Crippen LogP) is 2.26. The second kappa shape index (κ2) is 6.53. The molecule has 0 bridgehead atoms. The summed E-state index contributed by atoms with van der Waals surface area (Å²) in [7, 11) is 0. The summed E-state index contributed by atoms with van der Waals surface area (Å²) in [5.41, 5.74) is 0.143. The molecule has 0 spiro atoms. The van der Waals surface area contributed by atoms with Gasteiger partial charge >= 0.3 is 0 Å². The summed E-state index contributed by atoms with van der Waals surface area (Å²) < 4.78 is 2.29. The Kier molecular flexibility index (Phi) is 4.99. The Morgan fingerprint density at radius 1 is 1.16 bits per heavy atom. The first-order chi connectivity index (χ1) is 9.04. The van der Waals surface area contributed by atoms with E-state index in [-0.39, 0.29) is 5.54 Å². The topological polar surface area (TPSA) is 33.1 Å². The zero-order valence-electron chi connectivity index (χ0n) is 12.7. The maximum Gasteiger partial charge on any atom is 0.122 e. The summed E-state index contributed by atoms with van der Waals surface area (Å²) in [5, 5.41) is 3.51. The van der Waals surface area contributed by atoms with Gasteiger partial charge in [0.15, 0.2) is 0 Å². The quantitative estimate of drug-likeness (QED) is 0.885. The second-order valence-electron chi connectivity index (χ2n) is 6.54. The highest BCUT2D eigenvalue weighted by Gasteiger charge is 2.13. The van der Waals surface area contributed by atoms with Gasteiger partial charge in [-0.15, -0.1) is 0 Å². The van der Waals surface area contributed by atoms with Crippen LogP contribution in [0.1, 0.15) is 45.9 Å². The molecule has 0 unspecified atom stereocenters. The molecule has 0 aliphatic carbocycles. The highest BCUT2D eigenvalue weighted by molar-refractivity contribution is 4.93. The normalized spacial score (nSPS) is 17.8. The molecule has 0 radical (unpaired) electrons. The molecular formula is C15H28N4. The minimum atomic E-state index is 0.143. The molecule has 4 nitrogen and oxygen atoms in total. The fourth-order valence-electron chi connectivity index (χ4n) is 2.49. The first-order valence-corrected chi connectivity index (χ1v) is 7.52. The van der Waals surface area contributed by atoms with Crippen molar-refractivity contribution in [3.05, 3.63) is 18.2 Å². The molecule has 1 saturated heterocycles. The Balaban J connectivity index is 1.81. The van der Waals surface area contributed by atoms with Crippen LogP contribution in [0, 0.1) is 0 Å². The molecular weight excluding hydrogens is 236 g/mol. The summed E-state index contributed by atoms with van der Waals surface area (Å²) in [6.07, 6.45) is 8.15. The van der Waals surface area contributed by atoms with Gasteiger partial charge in [-0.25, -0.2) is 4.98 Å². The molecule has 0 saturated carbocycles. The van der Waals surface area contributed by atoms with Crippen molar-refractivity contribution in [2.45, 2.75) is 58.7 Å². The van der Waals surface area contributed by atoms with Gasteiger partial charge in [0.25, 0.3) is 0 Å². The van der Waals surface area contributed by atoms with Crippen molar-refractivity contribution in [1.29, 1.82) is 0 Å². The van der Waals surface area contributed by atoms with Gasteiger partial charge in [-0.05, 0) is 46.7 Å². The monoisotopic (exact) mass is 264 g/mol. The van der Waals surface area contributed by atoms with E-state index in [1.165, 1.54) is 32.4 Å². The molecule has 108 valence electrons. The predicted molar refractivity (Wildman–Crippen MR) is 79.1 cm³/mol. The summed E-state index contributed by atoms with van der Waals surface area (Å²) in [5.74, 6) is 1.15. The summed E-state index contributed by atoms with van der Waals surface area (Å²) in [6, 6.07) is 0. The fourth-order valence-corrected chi connectivity index (χ4v) is 2.49. The summed E-state index contributed by atoms with van der Waals surface area (Å²) >= 11 is 0. The van der Waals surface area contributed by atoms with Crippen LogP contribution in [0.5, 0.6) is 0 Å². The Labute approximate surface area is 117 Å². The van der Waals surface area contributed by atoms with E-state index < -0.39 is 0 Å². The maximum atomic E-state index is 4.46. The smallest absolute Gasteiger partial charge is 0.122 e. The first-order valence-electron chi connectivity index (χ1n) is 7.52. The van der Waals surface area contributed by atoms with Crippen molar-refractivity contribution in [3.63, 3.8) is 0 Å². The molecule has 1 aliphatic heterocycles. The number of aromatic nitrogens is 2. The van der Waals surface area contributed by atoms with Crippen LogP contribution in [0.15, 0.2) is 12.4 Å². The highest BCUT2D eigenvalue weighted by Crippen LogP contribution is 2.09. The van der Waals surface area contributed by atoms with Crippen molar-refractivity contribution >= 4 is 0 Å². The lowest BCUT2D eigenvalue weighted by atomic mass is 10.1. The minimum absolute atomic E-state index is 0.143. The van der Waals surface area contributed by atoms with E-state index in [0.717, 1.165) is 25.5 Å². The number of piperidine rings is 1. The van der Waals surface area contributed by atoms with Gasteiger partial charge in [-0.1, -0.05) is 6.42 Å². The molecule has 1 N–H and O–H groups in total. The zero-order valence-corrected chi connectivity index (χ0v) is 12.7. The van der Waals surface area contributed by atoms with Crippen molar-refractivity contribution < 1.29 is 0 Å². The Hall–Kier alpha value is -0.870. The molecule has 2 heterocycles. The van der Waals surface area contributed by atoms with Crippen LogP contribution in [0.3, 0.4) is 0 Å². The second-order valence-corrected chi connectivity index (χ2v) is 6.54. The zero-order chi connectivity index (χ0) is 13.7. The first kappa shape index (κ1) is 14.5. The SMILES string of the molecule is CC(C)(C)NCc1nccn1CCN1CCCCC1. The van der Waals surface area contributed by atoms with Crippen molar-refractivity contribution in [2.75, 3.05) is 19.6 Å². The summed E-state index contributed by atoms with van der Waals surface area (Å²) in [4.78, 5) is 7.04. The van der Waals surface area contributed by atoms with E-state index in [1.807, 2.05) is 6.20 Å². The lowest BCUT2D eigenvalue weighted by Crippen LogP contribution is -2.36. The van der Waals surface area contributed by atoms with E-state index in [2.05, 4.69) is 46.7 Å². The third kappa shape index (κ3) is 4.96. The van der Waals surface area contributed by atoms with E-state index in [0.29, 0.717) is 0 Å². The number of nitrogens with zero attached hydrogens (tertiary/aromatic N) is 3. The van der Waals surface area contributed by atoms with Crippen LogP contribution < -0.4 is 5.32 Å². The van der Waals surface area contributed by atoms with Gasteiger partial charge in [-0.2, -0.15) is 0 Å². The molecule has 1 aromatic heterocycles. The Morgan fingerprint density at radius 2 is 1.89 bits per heavy atom. The number of hydrogen-bond donors (Lipinski definition) is 1. The van der Waals surface area contributed by atoms with Crippen molar-refractivity contribution in [1.82, 2.24) is 19.8 Å². The molecule has 1 aliphatic rings. The van der Waals surface area contributed by atoms with E-state index in [1.54, 1.807) is 0 Å². The third-order valence-corrected chi connectivity index (χ3v) is 3.68. The highest BCUT2D eigenvalue weighted by atomic mass is 15.2. The Bertz CT molecular complexity index is 372. The molecule has 19 heavy (non-hydrogen) atoms. The lowest BCUT2D eigenvalue weighted by molar-refractivity contribution is 0.219. The van der Waals surface area contributed by atoms with Crippen molar-refractivity contribution in [3.8, 4) is 0 Å². The molecule has 1 aromatic rings. The number of rotatable bonds is 5. The van der Waals surface area contributed by atoms with Gasteiger partial charge in [0.2, 0.25) is 0 Å². The van der Waals surface area contributed by atoms with Gasteiger partial charge < -0.3 is 14.8 Å². The van der Waals surface area contributed by atoms with Crippen LogP contribution in [-0.2, 0) is 13.1 Å².